The molecule has 0 bridgehead atoms. The third-order valence-corrected chi connectivity index (χ3v) is 4.55. The van der Waals surface area contributed by atoms with Crippen LogP contribution in [0.1, 0.15) is 16.7 Å². The van der Waals surface area contributed by atoms with E-state index in [-0.39, 0.29) is 21.8 Å². The Kier molecular flexibility index (Phi) is 5.08. The molecular formula is C14H14Cl2N2O2S. The Morgan fingerprint density at radius 2 is 1.95 bits per heavy atom. The minimum Gasteiger partial charge on any atom is -0.380 e. The van der Waals surface area contributed by atoms with Crippen LogP contribution < -0.4 is 5.32 Å². The van der Waals surface area contributed by atoms with Gasteiger partial charge in [-0.25, -0.2) is 0 Å². The topological polar surface area (TPSA) is 55.2 Å². The van der Waals surface area contributed by atoms with Crippen LogP contribution in [-0.2, 0) is 6.42 Å². The van der Waals surface area contributed by atoms with Crippen molar-refractivity contribution in [1.82, 2.24) is 0 Å². The lowest BCUT2D eigenvalue weighted by molar-refractivity contribution is -0.384. The lowest BCUT2D eigenvalue weighted by Crippen LogP contribution is -2.18. The van der Waals surface area contributed by atoms with Crippen LogP contribution in [0.15, 0.2) is 24.3 Å². The van der Waals surface area contributed by atoms with Crippen molar-refractivity contribution in [3.05, 3.63) is 54.2 Å². The van der Waals surface area contributed by atoms with Crippen LogP contribution in [0.4, 0.5) is 11.4 Å². The molecule has 0 fully saturated rings. The Balaban J connectivity index is 2.13. The van der Waals surface area contributed by atoms with Crippen molar-refractivity contribution in [2.24, 2.45) is 0 Å². The van der Waals surface area contributed by atoms with E-state index in [4.69, 9.17) is 23.2 Å². The van der Waals surface area contributed by atoms with E-state index in [0.717, 1.165) is 6.42 Å². The van der Waals surface area contributed by atoms with E-state index in [1.807, 2.05) is 6.92 Å². The summed E-state index contributed by atoms with van der Waals surface area (Å²) in [4.78, 5) is 12.8. The number of anilines is 1. The van der Waals surface area contributed by atoms with E-state index in [9.17, 15) is 10.1 Å². The van der Waals surface area contributed by atoms with Gasteiger partial charge in [0.05, 0.1) is 20.7 Å². The summed E-state index contributed by atoms with van der Waals surface area (Å²) in [6.45, 7) is 4.08. The third kappa shape index (κ3) is 4.09. The Morgan fingerprint density at radius 3 is 2.43 bits per heavy atom. The first kappa shape index (κ1) is 16.1. The van der Waals surface area contributed by atoms with Crippen molar-refractivity contribution in [2.45, 2.75) is 26.3 Å². The molecule has 1 unspecified atom stereocenters. The van der Waals surface area contributed by atoms with Crippen LogP contribution in [0.2, 0.25) is 10.0 Å². The maximum atomic E-state index is 10.8. The molecule has 0 amide bonds. The first-order chi connectivity index (χ1) is 9.86. The van der Waals surface area contributed by atoms with Crippen LogP contribution >= 0.6 is 34.5 Å². The monoisotopic (exact) mass is 344 g/mol. The molecule has 0 radical (unpaired) electrons. The van der Waals surface area contributed by atoms with Crippen LogP contribution in [0, 0.1) is 17.0 Å². The molecule has 1 N–H and O–H groups in total. The molecule has 0 spiro atoms. The first-order valence-electron chi connectivity index (χ1n) is 6.32. The van der Waals surface area contributed by atoms with Crippen molar-refractivity contribution >= 4 is 45.9 Å². The van der Waals surface area contributed by atoms with Crippen LogP contribution in [0.25, 0.3) is 0 Å². The second-order valence-corrected chi connectivity index (χ2v) is 6.99. The zero-order valence-electron chi connectivity index (χ0n) is 11.5. The molecule has 112 valence electrons. The summed E-state index contributed by atoms with van der Waals surface area (Å²) in [6, 6.07) is 6.89. The highest BCUT2D eigenvalue weighted by atomic mass is 35.5. The number of hydrogen-bond acceptors (Lipinski definition) is 4. The van der Waals surface area contributed by atoms with Gasteiger partial charge in [-0.1, -0.05) is 23.2 Å². The van der Waals surface area contributed by atoms with Gasteiger partial charge in [-0.3, -0.25) is 10.1 Å². The largest absolute Gasteiger partial charge is 0.380 e. The highest BCUT2D eigenvalue weighted by Crippen LogP contribution is 2.35. The smallest absolute Gasteiger partial charge is 0.272 e. The lowest BCUT2D eigenvalue weighted by Gasteiger charge is -2.16. The number of nitrogens with one attached hydrogen (secondary N) is 1. The normalized spacial score (nSPS) is 12.2. The van der Waals surface area contributed by atoms with Gasteiger partial charge in [0.2, 0.25) is 0 Å². The molecule has 1 heterocycles. The molecule has 7 heteroatoms. The molecule has 2 rings (SSSR count). The fraction of sp³-hybridized carbons (Fsp3) is 0.286. The van der Waals surface area contributed by atoms with Gasteiger partial charge in [0.15, 0.2) is 0 Å². The van der Waals surface area contributed by atoms with Gasteiger partial charge < -0.3 is 5.32 Å². The number of benzene rings is 1. The second kappa shape index (κ2) is 6.64. The van der Waals surface area contributed by atoms with Gasteiger partial charge in [0.25, 0.3) is 5.69 Å². The summed E-state index contributed by atoms with van der Waals surface area (Å²) in [5.74, 6) is 0. The molecule has 0 saturated heterocycles. The number of nitro groups is 1. The van der Waals surface area contributed by atoms with Gasteiger partial charge >= 0.3 is 0 Å². The molecule has 1 aromatic heterocycles. The number of thiophene rings is 1. The van der Waals surface area contributed by atoms with Gasteiger partial charge in [-0.15, -0.1) is 11.3 Å². The number of rotatable bonds is 5. The molecular weight excluding hydrogens is 331 g/mol. The van der Waals surface area contributed by atoms with Crippen LogP contribution in [-0.4, -0.2) is 11.0 Å². The summed E-state index contributed by atoms with van der Waals surface area (Å²) >= 11 is 13.9. The zero-order chi connectivity index (χ0) is 15.6. The highest BCUT2D eigenvalue weighted by molar-refractivity contribution is 7.11. The fourth-order valence-corrected chi connectivity index (χ4v) is 3.60. The maximum absolute atomic E-state index is 10.8. The predicted octanol–water partition coefficient (Wildman–Crippen LogP) is 5.31. The molecule has 4 nitrogen and oxygen atoms in total. The molecule has 0 aliphatic heterocycles. The van der Waals surface area contributed by atoms with E-state index in [2.05, 4.69) is 24.4 Å². The minimum atomic E-state index is -0.514. The number of nitro benzene ring substituents is 1. The Morgan fingerprint density at radius 1 is 1.33 bits per heavy atom. The molecule has 0 saturated carbocycles. The number of aryl methyl sites for hydroxylation is 1. The molecule has 0 aliphatic carbocycles. The van der Waals surface area contributed by atoms with E-state index in [1.165, 1.54) is 21.9 Å². The van der Waals surface area contributed by atoms with Crippen LogP contribution in [0.3, 0.4) is 0 Å². The van der Waals surface area contributed by atoms with Crippen molar-refractivity contribution in [1.29, 1.82) is 0 Å². The molecule has 21 heavy (non-hydrogen) atoms. The highest BCUT2D eigenvalue weighted by Gasteiger charge is 2.16. The zero-order valence-corrected chi connectivity index (χ0v) is 13.9. The van der Waals surface area contributed by atoms with Crippen molar-refractivity contribution in [3.8, 4) is 0 Å². The van der Waals surface area contributed by atoms with Gasteiger partial charge in [-0.05, 0) is 26.0 Å². The Labute approximate surface area is 136 Å². The average molecular weight is 345 g/mol. The first-order valence-corrected chi connectivity index (χ1v) is 7.89. The Bertz CT molecular complexity index is 650. The fourth-order valence-electron chi connectivity index (χ4n) is 2.00. The van der Waals surface area contributed by atoms with Gasteiger partial charge in [0, 0.05) is 34.3 Å². The third-order valence-electron chi connectivity index (χ3n) is 2.93. The number of hydrogen-bond donors (Lipinski definition) is 1. The van der Waals surface area contributed by atoms with E-state index in [1.54, 1.807) is 11.3 Å². The summed E-state index contributed by atoms with van der Waals surface area (Å²) in [5, 5.41) is 14.5. The van der Waals surface area contributed by atoms with E-state index < -0.39 is 4.92 Å². The van der Waals surface area contributed by atoms with Crippen molar-refractivity contribution < 1.29 is 4.92 Å². The van der Waals surface area contributed by atoms with Crippen molar-refractivity contribution in [2.75, 3.05) is 5.32 Å². The average Bonchev–Trinajstić information content (AvgIpc) is 2.78. The van der Waals surface area contributed by atoms with Gasteiger partial charge in [-0.2, -0.15) is 0 Å². The standard InChI is InChI=1S/C14H14Cl2N2O2S/c1-8(5-11-4-3-9(2)21-11)17-14-12(15)6-10(18(19)20)7-13(14)16/h3-4,6-8,17H,5H2,1-2H3. The summed E-state index contributed by atoms with van der Waals surface area (Å²) in [7, 11) is 0. The molecule has 2 aromatic rings. The van der Waals surface area contributed by atoms with E-state index in [0.29, 0.717) is 5.69 Å². The second-order valence-electron chi connectivity index (χ2n) is 4.80. The Hall–Kier alpha value is -1.30. The summed E-state index contributed by atoms with van der Waals surface area (Å²) in [5.41, 5.74) is 0.418. The quantitative estimate of drug-likeness (QED) is 0.590. The van der Waals surface area contributed by atoms with Crippen molar-refractivity contribution in [3.63, 3.8) is 0 Å². The maximum Gasteiger partial charge on any atom is 0.272 e. The minimum absolute atomic E-state index is 0.111. The predicted molar refractivity (Wildman–Crippen MR) is 89.0 cm³/mol. The number of nitrogens with zero attached hydrogens (tertiary/aromatic N) is 1. The number of halogens is 2. The summed E-state index contributed by atoms with van der Waals surface area (Å²) in [6.07, 6.45) is 0.835. The SMILES string of the molecule is Cc1ccc(CC(C)Nc2c(Cl)cc([N+](=O)[O-])cc2Cl)s1. The molecule has 0 aliphatic rings. The van der Waals surface area contributed by atoms with E-state index >= 15 is 0 Å². The number of non-ortho nitro benzene ring substituents is 1. The lowest BCUT2D eigenvalue weighted by atomic mass is 10.2. The summed E-state index contributed by atoms with van der Waals surface area (Å²) < 4.78 is 0. The molecule has 1 atom stereocenters. The van der Waals surface area contributed by atoms with Crippen LogP contribution in [0.5, 0.6) is 0 Å². The molecule has 1 aromatic carbocycles. The van der Waals surface area contributed by atoms with Gasteiger partial charge in [0.1, 0.15) is 0 Å².